The van der Waals surface area contributed by atoms with E-state index >= 15 is 0 Å². The Kier molecular flexibility index (Phi) is 13.7. The van der Waals surface area contributed by atoms with E-state index in [9.17, 15) is 9.59 Å². The van der Waals surface area contributed by atoms with Gasteiger partial charge in [0.2, 0.25) is 11.8 Å². The van der Waals surface area contributed by atoms with Gasteiger partial charge in [-0.15, -0.1) is 12.4 Å². The van der Waals surface area contributed by atoms with E-state index in [1.807, 2.05) is 14.0 Å². The highest BCUT2D eigenvalue weighted by Gasteiger charge is 2.08. The summed E-state index contributed by atoms with van der Waals surface area (Å²) in [5, 5.41) is 5.79. The molecule has 18 heavy (non-hydrogen) atoms. The number of nitrogens with one attached hydrogen (secondary N) is 2. The molecule has 0 aliphatic heterocycles. The van der Waals surface area contributed by atoms with Gasteiger partial charge in [-0.1, -0.05) is 6.92 Å². The zero-order valence-corrected chi connectivity index (χ0v) is 12.4. The summed E-state index contributed by atoms with van der Waals surface area (Å²) in [6, 6.07) is 0. The molecule has 0 fully saturated rings. The quantitative estimate of drug-likeness (QED) is 0.656. The zero-order chi connectivity index (χ0) is 13.1. The Balaban J connectivity index is 0. The maximum atomic E-state index is 11.6. The van der Waals surface area contributed by atoms with Crippen molar-refractivity contribution in [1.29, 1.82) is 0 Å². The number of nitrogens with zero attached hydrogens (tertiary/aromatic N) is 1. The van der Waals surface area contributed by atoms with Gasteiger partial charge in [-0.05, 0) is 19.9 Å². The predicted octanol–water partition coefficient (Wildman–Crippen LogP) is 0.782. The van der Waals surface area contributed by atoms with Gasteiger partial charge in [0.1, 0.15) is 0 Å². The summed E-state index contributed by atoms with van der Waals surface area (Å²) in [6.45, 7) is 4.23. The highest BCUT2D eigenvalue weighted by molar-refractivity contribution is 5.85. The highest BCUT2D eigenvalue weighted by atomic mass is 35.5. The molecule has 2 N–H and O–H groups in total. The number of hydrogen-bond acceptors (Lipinski definition) is 3. The third-order valence-corrected chi connectivity index (χ3v) is 2.49. The van der Waals surface area contributed by atoms with Gasteiger partial charge in [-0.3, -0.25) is 9.59 Å². The predicted molar refractivity (Wildman–Crippen MR) is 76.0 cm³/mol. The monoisotopic (exact) mass is 279 g/mol. The van der Waals surface area contributed by atoms with Crippen molar-refractivity contribution in [2.75, 3.05) is 33.7 Å². The van der Waals surface area contributed by atoms with Crippen LogP contribution < -0.4 is 10.6 Å². The SMILES string of the molecule is CCCNC(=O)CCCC(=O)N(C)CCNC.Cl. The lowest BCUT2D eigenvalue weighted by atomic mass is 10.2. The zero-order valence-electron chi connectivity index (χ0n) is 11.6. The van der Waals surface area contributed by atoms with Crippen LogP contribution in [0.25, 0.3) is 0 Å². The van der Waals surface area contributed by atoms with Crippen molar-refractivity contribution in [3.63, 3.8) is 0 Å². The topological polar surface area (TPSA) is 61.4 Å². The maximum Gasteiger partial charge on any atom is 0.222 e. The molecule has 0 heterocycles. The minimum Gasteiger partial charge on any atom is -0.356 e. The molecule has 0 saturated carbocycles. The number of carbonyl (C=O) groups excluding carboxylic acids is 2. The second-order valence-corrected chi connectivity index (χ2v) is 4.12. The van der Waals surface area contributed by atoms with Crippen LogP contribution in [-0.2, 0) is 9.59 Å². The lowest BCUT2D eigenvalue weighted by Gasteiger charge is -2.16. The molecule has 0 aromatic rings. The first-order valence-corrected chi connectivity index (χ1v) is 6.27. The molecule has 0 saturated heterocycles. The van der Waals surface area contributed by atoms with Gasteiger partial charge in [-0.25, -0.2) is 0 Å². The first-order chi connectivity index (χ1) is 8.11. The van der Waals surface area contributed by atoms with Crippen molar-refractivity contribution < 1.29 is 9.59 Å². The van der Waals surface area contributed by atoms with Crippen molar-refractivity contribution in [3.05, 3.63) is 0 Å². The molecule has 0 aliphatic rings. The largest absolute Gasteiger partial charge is 0.356 e. The van der Waals surface area contributed by atoms with Crippen molar-refractivity contribution in [2.24, 2.45) is 0 Å². The van der Waals surface area contributed by atoms with Crippen LogP contribution in [0.3, 0.4) is 0 Å². The molecule has 108 valence electrons. The molecule has 0 rings (SSSR count). The van der Waals surface area contributed by atoms with E-state index in [1.165, 1.54) is 0 Å². The van der Waals surface area contributed by atoms with E-state index in [0.717, 1.165) is 19.5 Å². The van der Waals surface area contributed by atoms with Gasteiger partial charge in [0.05, 0.1) is 0 Å². The molecule has 0 aromatic heterocycles. The van der Waals surface area contributed by atoms with Gasteiger partial charge in [0, 0.05) is 39.5 Å². The molecule has 0 unspecified atom stereocenters. The Morgan fingerprint density at radius 1 is 1.17 bits per heavy atom. The summed E-state index contributed by atoms with van der Waals surface area (Å²) in [5.74, 6) is 0.140. The fraction of sp³-hybridized carbons (Fsp3) is 0.833. The standard InChI is InChI=1S/C12H25N3O2.ClH/c1-4-8-14-11(16)6-5-7-12(17)15(3)10-9-13-2;/h13H,4-10H2,1-3H3,(H,14,16);1H. The van der Waals surface area contributed by atoms with E-state index in [-0.39, 0.29) is 24.2 Å². The van der Waals surface area contributed by atoms with Gasteiger partial charge in [0.25, 0.3) is 0 Å². The van der Waals surface area contributed by atoms with E-state index < -0.39 is 0 Å². The smallest absolute Gasteiger partial charge is 0.222 e. The van der Waals surface area contributed by atoms with Crippen molar-refractivity contribution >= 4 is 24.2 Å². The Morgan fingerprint density at radius 3 is 2.39 bits per heavy atom. The number of likely N-dealkylation sites (N-methyl/N-ethyl adjacent to an activating group) is 2. The van der Waals surface area contributed by atoms with Crippen LogP contribution in [-0.4, -0.2) is 50.4 Å². The van der Waals surface area contributed by atoms with Crippen LogP contribution in [0.5, 0.6) is 0 Å². The first kappa shape index (κ1) is 19.5. The van der Waals surface area contributed by atoms with Crippen LogP contribution >= 0.6 is 12.4 Å². The fourth-order valence-corrected chi connectivity index (χ4v) is 1.35. The highest BCUT2D eigenvalue weighted by Crippen LogP contribution is 1.99. The number of carbonyl (C=O) groups is 2. The van der Waals surface area contributed by atoms with Gasteiger partial charge >= 0.3 is 0 Å². The van der Waals surface area contributed by atoms with Gasteiger partial charge in [-0.2, -0.15) is 0 Å². The second-order valence-electron chi connectivity index (χ2n) is 4.12. The van der Waals surface area contributed by atoms with E-state index in [0.29, 0.717) is 25.8 Å². The van der Waals surface area contributed by atoms with Crippen molar-refractivity contribution in [3.8, 4) is 0 Å². The van der Waals surface area contributed by atoms with Crippen LogP contribution in [0.15, 0.2) is 0 Å². The molecule has 0 spiro atoms. The normalized spacial score (nSPS) is 9.50. The summed E-state index contributed by atoms with van der Waals surface area (Å²) in [4.78, 5) is 24.6. The summed E-state index contributed by atoms with van der Waals surface area (Å²) < 4.78 is 0. The van der Waals surface area contributed by atoms with E-state index in [1.54, 1.807) is 11.9 Å². The number of rotatable bonds is 9. The lowest BCUT2D eigenvalue weighted by molar-refractivity contribution is -0.130. The van der Waals surface area contributed by atoms with Crippen LogP contribution in [0.4, 0.5) is 0 Å². The molecule has 0 aromatic carbocycles. The first-order valence-electron chi connectivity index (χ1n) is 6.27. The Bertz CT molecular complexity index is 237. The number of halogens is 1. The van der Waals surface area contributed by atoms with Crippen LogP contribution in [0.1, 0.15) is 32.6 Å². The molecule has 6 heteroatoms. The average molecular weight is 280 g/mol. The Labute approximate surface area is 116 Å². The second kappa shape index (κ2) is 12.6. The minimum absolute atomic E-state index is 0. The molecule has 0 bridgehead atoms. The van der Waals surface area contributed by atoms with E-state index in [2.05, 4.69) is 10.6 Å². The lowest BCUT2D eigenvalue weighted by Crippen LogP contribution is -2.32. The summed E-state index contributed by atoms with van der Waals surface area (Å²) in [6.07, 6.45) is 2.45. The molecular weight excluding hydrogens is 254 g/mol. The third-order valence-electron chi connectivity index (χ3n) is 2.49. The fourth-order valence-electron chi connectivity index (χ4n) is 1.35. The maximum absolute atomic E-state index is 11.6. The van der Waals surface area contributed by atoms with Crippen molar-refractivity contribution in [2.45, 2.75) is 32.6 Å². The molecule has 2 amide bonds. The Morgan fingerprint density at radius 2 is 1.83 bits per heavy atom. The van der Waals surface area contributed by atoms with Crippen molar-refractivity contribution in [1.82, 2.24) is 15.5 Å². The van der Waals surface area contributed by atoms with Crippen LogP contribution in [0, 0.1) is 0 Å². The van der Waals surface area contributed by atoms with Gasteiger partial charge < -0.3 is 15.5 Å². The van der Waals surface area contributed by atoms with Gasteiger partial charge in [0.15, 0.2) is 0 Å². The third kappa shape index (κ3) is 10.4. The minimum atomic E-state index is 0. The average Bonchev–Trinajstić information content (AvgIpc) is 2.33. The molecule has 5 nitrogen and oxygen atoms in total. The summed E-state index contributed by atoms with van der Waals surface area (Å²) in [5.41, 5.74) is 0. The molecule has 0 radical (unpaired) electrons. The summed E-state index contributed by atoms with van der Waals surface area (Å²) >= 11 is 0. The number of hydrogen-bond donors (Lipinski definition) is 2. The molecular formula is C12H26ClN3O2. The van der Waals surface area contributed by atoms with E-state index in [4.69, 9.17) is 0 Å². The molecule has 0 aliphatic carbocycles. The Hall–Kier alpha value is -0.810. The summed E-state index contributed by atoms with van der Waals surface area (Å²) in [7, 11) is 3.65. The number of amides is 2. The van der Waals surface area contributed by atoms with Crippen LogP contribution in [0.2, 0.25) is 0 Å². The molecule has 0 atom stereocenters.